The highest BCUT2D eigenvalue weighted by molar-refractivity contribution is 5.03. The molecule has 4 nitrogen and oxygen atoms in total. The van der Waals surface area contributed by atoms with Crippen LogP contribution in [0.15, 0.2) is 24.4 Å². The molecular formula is C21H35N3O. The molecule has 1 aromatic heterocycles. The Hall–Kier alpha value is -0.970. The van der Waals surface area contributed by atoms with Crippen molar-refractivity contribution in [3.8, 4) is 0 Å². The summed E-state index contributed by atoms with van der Waals surface area (Å²) in [6, 6.07) is 6.96. The van der Waals surface area contributed by atoms with Crippen LogP contribution in [-0.4, -0.2) is 59.7 Å². The minimum absolute atomic E-state index is 0.457. The number of nitrogens with zero attached hydrogens (tertiary/aromatic N) is 3. The number of hydrogen-bond donors (Lipinski definition) is 0. The lowest BCUT2D eigenvalue weighted by atomic mass is 9.99. The molecule has 25 heavy (non-hydrogen) atoms. The Morgan fingerprint density at radius 3 is 2.76 bits per heavy atom. The molecular weight excluding hydrogens is 310 g/mol. The van der Waals surface area contributed by atoms with Gasteiger partial charge >= 0.3 is 0 Å². The van der Waals surface area contributed by atoms with Crippen LogP contribution in [0.3, 0.4) is 0 Å². The second-order valence-electron chi connectivity index (χ2n) is 8.14. The summed E-state index contributed by atoms with van der Waals surface area (Å²) in [6.45, 7) is 11.2. The Bertz CT molecular complexity index is 485. The first-order valence-electron chi connectivity index (χ1n) is 10.2. The largest absolute Gasteiger partial charge is 0.376 e. The van der Waals surface area contributed by atoms with Gasteiger partial charge in [0.15, 0.2) is 0 Å². The van der Waals surface area contributed by atoms with Gasteiger partial charge in [-0.25, -0.2) is 0 Å². The summed E-state index contributed by atoms with van der Waals surface area (Å²) in [6.07, 6.45) is 8.78. The fourth-order valence-corrected chi connectivity index (χ4v) is 4.17. The van der Waals surface area contributed by atoms with E-state index < -0.39 is 0 Å². The molecule has 0 saturated carbocycles. The van der Waals surface area contributed by atoms with Crippen LogP contribution in [0.2, 0.25) is 0 Å². The molecule has 0 aromatic carbocycles. The third kappa shape index (κ3) is 6.05. The molecule has 0 spiro atoms. The van der Waals surface area contributed by atoms with Crippen LogP contribution >= 0.6 is 0 Å². The van der Waals surface area contributed by atoms with E-state index in [9.17, 15) is 0 Å². The topological polar surface area (TPSA) is 28.6 Å². The first-order valence-corrected chi connectivity index (χ1v) is 10.2. The molecule has 1 aromatic rings. The number of rotatable bonds is 7. The van der Waals surface area contributed by atoms with Gasteiger partial charge in [-0.15, -0.1) is 0 Å². The van der Waals surface area contributed by atoms with E-state index in [0.29, 0.717) is 6.10 Å². The van der Waals surface area contributed by atoms with Crippen molar-refractivity contribution in [1.82, 2.24) is 14.8 Å². The summed E-state index contributed by atoms with van der Waals surface area (Å²) in [4.78, 5) is 9.73. The first-order chi connectivity index (χ1) is 12.2. The van der Waals surface area contributed by atoms with E-state index in [1.165, 1.54) is 50.9 Å². The lowest BCUT2D eigenvalue weighted by Crippen LogP contribution is -2.51. The maximum atomic E-state index is 6.02. The summed E-state index contributed by atoms with van der Waals surface area (Å²) in [5.74, 6) is 0.808. The third-order valence-electron chi connectivity index (χ3n) is 5.66. The van der Waals surface area contributed by atoms with Crippen molar-refractivity contribution in [3.05, 3.63) is 30.1 Å². The van der Waals surface area contributed by atoms with Crippen molar-refractivity contribution < 1.29 is 4.74 Å². The van der Waals surface area contributed by atoms with E-state index in [1.54, 1.807) is 0 Å². The molecule has 0 amide bonds. The number of ether oxygens (including phenoxy) is 1. The van der Waals surface area contributed by atoms with E-state index in [4.69, 9.17) is 4.74 Å². The minimum Gasteiger partial charge on any atom is -0.376 e. The van der Waals surface area contributed by atoms with Crippen molar-refractivity contribution >= 4 is 0 Å². The minimum atomic E-state index is 0.457. The van der Waals surface area contributed by atoms with Crippen molar-refractivity contribution in [2.45, 2.75) is 64.6 Å². The highest BCUT2D eigenvalue weighted by Gasteiger charge is 2.29. The predicted octanol–water partition coefficient (Wildman–Crippen LogP) is 3.57. The molecule has 1 unspecified atom stereocenters. The van der Waals surface area contributed by atoms with Gasteiger partial charge < -0.3 is 4.74 Å². The molecule has 0 N–H and O–H groups in total. The SMILES string of the molecule is CC(C)CCCC1CN(C2CCN(Cc3ccccn3)CC2)CCO1. The van der Waals surface area contributed by atoms with Gasteiger partial charge in [0, 0.05) is 45.0 Å². The zero-order valence-corrected chi connectivity index (χ0v) is 16.1. The maximum Gasteiger partial charge on any atom is 0.0702 e. The lowest BCUT2D eigenvalue weighted by Gasteiger charge is -2.42. The molecule has 0 radical (unpaired) electrons. The normalized spacial score (nSPS) is 24.0. The van der Waals surface area contributed by atoms with Crippen molar-refractivity contribution in [2.75, 3.05) is 32.8 Å². The average molecular weight is 346 g/mol. The lowest BCUT2D eigenvalue weighted by molar-refractivity contribution is -0.0559. The van der Waals surface area contributed by atoms with Gasteiger partial charge in [-0.2, -0.15) is 0 Å². The van der Waals surface area contributed by atoms with Crippen LogP contribution in [0.25, 0.3) is 0 Å². The molecule has 3 heterocycles. The molecule has 2 aliphatic rings. The molecule has 3 rings (SSSR count). The van der Waals surface area contributed by atoms with Gasteiger partial charge in [0.2, 0.25) is 0 Å². The van der Waals surface area contributed by atoms with Crippen LogP contribution in [-0.2, 0) is 11.3 Å². The fourth-order valence-electron chi connectivity index (χ4n) is 4.17. The van der Waals surface area contributed by atoms with E-state index in [1.807, 2.05) is 12.3 Å². The molecule has 0 bridgehead atoms. The van der Waals surface area contributed by atoms with Crippen LogP contribution in [0.5, 0.6) is 0 Å². The quantitative estimate of drug-likeness (QED) is 0.755. The van der Waals surface area contributed by atoms with Crippen molar-refractivity contribution in [3.63, 3.8) is 0 Å². The Balaban J connectivity index is 1.40. The van der Waals surface area contributed by atoms with Crippen LogP contribution in [0.4, 0.5) is 0 Å². The number of aromatic nitrogens is 1. The number of likely N-dealkylation sites (tertiary alicyclic amines) is 1. The summed E-state index contributed by atoms with van der Waals surface area (Å²) < 4.78 is 6.02. The molecule has 140 valence electrons. The molecule has 2 aliphatic heterocycles. The van der Waals surface area contributed by atoms with Crippen LogP contribution in [0.1, 0.15) is 51.6 Å². The summed E-state index contributed by atoms with van der Waals surface area (Å²) in [7, 11) is 0. The van der Waals surface area contributed by atoms with E-state index in [-0.39, 0.29) is 0 Å². The molecule has 0 aliphatic carbocycles. The van der Waals surface area contributed by atoms with E-state index in [0.717, 1.165) is 38.2 Å². The predicted molar refractivity (Wildman–Crippen MR) is 103 cm³/mol. The van der Waals surface area contributed by atoms with Gasteiger partial charge in [0.05, 0.1) is 18.4 Å². The Morgan fingerprint density at radius 1 is 1.20 bits per heavy atom. The highest BCUT2D eigenvalue weighted by atomic mass is 16.5. The van der Waals surface area contributed by atoms with Crippen LogP contribution < -0.4 is 0 Å². The molecule has 2 fully saturated rings. The van der Waals surface area contributed by atoms with Crippen molar-refractivity contribution in [2.24, 2.45) is 5.92 Å². The van der Waals surface area contributed by atoms with Gasteiger partial charge in [0.1, 0.15) is 0 Å². The number of hydrogen-bond acceptors (Lipinski definition) is 4. The zero-order chi connectivity index (χ0) is 17.5. The van der Waals surface area contributed by atoms with Crippen LogP contribution in [0, 0.1) is 5.92 Å². The van der Waals surface area contributed by atoms with Crippen molar-refractivity contribution in [1.29, 1.82) is 0 Å². The van der Waals surface area contributed by atoms with Gasteiger partial charge in [-0.3, -0.25) is 14.8 Å². The van der Waals surface area contributed by atoms with Gasteiger partial charge in [-0.05, 0) is 37.3 Å². The number of morpholine rings is 1. The third-order valence-corrected chi connectivity index (χ3v) is 5.66. The molecule has 1 atom stereocenters. The van der Waals surface area contributed by atoms with Gasteiger partial charge in [0.25, 0.3) is 0 Å². The number of piperidine rings is 1. The van der Waals surface area contributed by atoms with E-state index >= 15 is 0 Å². The van der Waals surface area contributed by atoms with Gasteiger partial charge in [-0.1, -0.05) is 32.8 Å². The second kappa shape index (κ2) is 9.65. The molecule has 2 saturated heterocycles. The number of pyridine rings is 1. The molecule has 4 heteroatoms. The van der Waals surface area contributed by atoms with E-state index in [2.05, 4.69) is 40.8 Å². The summed E-state index contributed by atoms with van der Waals surface area (Å²) in [5.41, 5.74) is 1.19. The second-order valence-corrected chi connectivity index (χ2v) is 8.14. The Kier molecular flexibility index (Phi) is 7.26. The average Bonchev–Trinajstić information content (AvgIpc) is 2.63. The highest BCUT2D eigenvalue weighted by Crippen LogP contribution is 2.22. The standard InChI is InChI=1S/C21H35N3O/c1-18(2)6-5-8-21-17-24(14-15-25-21)20-9-12-23(13-10-20)16-19-7-3-4-11-22-19/h3-4,7,11,18,20-21H,5-6,8-10,12-17H2,1-2H3. The Labute approximate surface area is 153 Å². The fraction of sp³-hybridized carbons (Fsp3) is 0.762. The zero-order valence-electron chi connectivity index (χ0n) is 16.1. The smallest absolute Gasteiger partial charge is 0.0702 e. The summed E-state index contributed by atoms with van der Waals surface area (Å²) in [5, 5.41) is 0. The summed E-state index contributed by atoms with van der Waals surface area (Å²) >= 11 is 0. The maximum absolute atomic E-state index is 6.02. The monoisotopic (exact) mass is 345 g/mol. The first kappa shape index (κ1) is 18.8. The Morgan fingerprint density at radius 2 is 2.04 bits per heavy atom.